The van der Waals surface area contributed by atoms with Crippen LogP contribution < -0.4 is 10.6 Å². The molecule has 108 valence electrons. The van der Waals surface area contributed by atoms with Crippen LogP contribution in [-0.2, 0) is 0 Å². The van der Waals surface area contributed by atoms with Crippen LogP contribution in [0.1, 0.15) is 15.9 Å². The number of rotatable bonds is 4. The molecule has 0 radical (unpaired) electrons. The van der Waals surface area contributed by atoms with E-state index < -0.39 is 4.92 Å². The molecule has 0 aliphatic heterocycles. The topological polar surface area (TPSA) is 97.2 Å². The zero-order valence-corrected chi connectivity index (χ0v) is 11.6. The summed E-state index contributed by atoms with van der Waals surface area (Å²) in [7, 11) is 1.70. The number of anilines is 2. The summed E-state index contributed by atoms with van der Waals surface area (Å²) in [6, 6.07) is 6.22. The maximum absolute atomic E-state index is 12.3. The lowest BCUT2D eigenvalue weighted by Crippen LogP contribution is -2.15. The molecular formula is C14H14N4O3. The lowest BCUT2D eigenvalue weighted by Gasteiger charge is -2.11. The van der Waals surface area contributed by atoms with Gasteiger partial charge in [0.15, 0.2) is 0 Å². The second-order valence-corrected chi connectivity index (χ2v) is 4.33. The van der Waals surface area contributed by atoms with Crippen LogP contribution >= 0.6 is 0 Å². The van der Waals surface area contributed by atoms with E-state index >= 15 is 0 Å². The van der Waals surface area contributed by atoms with Gasteiger partial charge in [-0.3, -0.25) is 19.9 Å². The van der Waals surface area contributed by atoms with Crippen molar-refractivity contribution in [1.29, 1.82) is 0 Å². The van der Waals surface area contributed by atoms with Gasteiger partial charge in [0, 0.05) is 31.2 Å². The van der Waals surface area contributed by atoms with Gasteiger partial charge in [0.2, 0.25) is 0 Å². The number of pyridine rings is 1. The summed E-state index contributed by atoms with van der Waals surface area (Å²) in [4.78, 5) is 26.6. The maximum atomic E-state index is 12.3. The molecule has 0 fully saturated rings. The summed E-state index contributed by atoms with van der Waals surface area (Å²) in [5.41, 5.74) is 1.77. The molecule has 0 aliphatic carbocycles. The first-order valence-electron chi connectivity index (χ1n) is 6.21. The van der Waals surface area contributed by atoms with Gasteiger partial charge in [-0.25, -0.2) is 0 Å². The zero-order chi connectivity index (χ0) is 15.4. The Bertz CT molecular complexity index is 700. The summed E-state index contributed by atoms with van der Waals surface area (Å²) in [6.45, 7) is 1.59. The molecule has 0 atom stereocenters. The molecule has 0 unspecified atom stereocenters. The lowest BCUT2D eigenvalue weighted by atomic mass is 10.1. The predicted molar refractivity (Wildman–Crippen MR) is 79.6 cm³/mol. The average molecular weight is 286 g/mol. The number of nitro groups is 1. The standard InChI is InChI=1S/C14H14N4O3/c1-9-11(4-3-5-13(9)18(20)21)17-14(19)10-8-16-7-6-12(10)15-2/h3-8H,1-2H3,(H,15,16)(H,17,19). The Balaban J connectivity index is 2.32. The van der Waals surface area contributed by atoms with Crippen molar-refractivity contribution in [2.24, 2.45) is 0 Å². The molecule has 2 N–H and O–H groups in total. The van der Waals surface area contributed by atoms with Gasteiger partial charge in [-0.2, -0.15) is 0 Å². The van der Waals surface area contributed by atoms with Crippen LogP contribution in [0.3, 0.4) is 0 Å². The van der Waals surface area contributed by atoms with Crippen molar-refractivity contribution < 1.29 is 9.72 Å². The third kappa shape index (κ3) is 2.97. The molecule has 1 heterocycles. The number of hydrogen-bond acceptors (Lipinski definition) is 5. The zero-order valence-electron chi connectivity index (χ0n) is 11.6. The van der Waals surface area contributed by atoms with Crippen molar-refractivity contribution in [2.75, 3.05) is 17.7 Å². The van der Waals surface area contributed by atoms with E-state index in [9.17, 15) is 14.9 Å². The fourth-order valence-electron chi connectivity index (χ4n) is 1.94. The molecule has 1 amide bonds. The van der Waals surface area contributed by atoms with Crippen LogP contribution in [0.2, 0.25) is 0 Å². The number of carbonyl (C=O) groups excluding carboxylic acids is 1. The van der Waals surface area contributed by atoms with Crippen LogP contribution in [0.4, 0.5) is 17.1 Å². The second-order valence-electron chi connectivity index (χ2n) is 4.33. The fraction of sp³-hybridized carbons (Fsp3) is 0.143. The molecule has 0 saturated heterocycles. The first-order chi connectivity index (χ1) is 10.0. The molecule has 0 aliphatic rings. The SMILES string of the molecule is CNc1ccncc1C(=O)Nc1cccc([N+](=O)[O-])c1C. The minimum atomic E-state index is -0.478. The average Bonchev–Trinajstić information content (AvgIpc) is 2.48. The van der Waals surface area contributed by atoms with Crippen molar-refractivity contribution in [1.82, 2.24) is 4.98 Å². The van der Waals surface area contributed by atoms with Gasteiger partial charge in [0.25, 0.3) is 11.6 Å². The normalized spacial score (nSPS) is 10.0. The van der Waals surface area contributed by atoms with E-state index in [0.717, 1.165) is 0 Å². The summed E-state index contributed by atoms with van der Waals surface area (Å²) < 4.78 is 0. The van der Waals surface area contributed by atoms with Crippen molar-refractivity contribution in [2.45, 2.75) is 6.92 Å². The number of carbonyl (C=O) groups is 1. The van der Waals surface area contributed by atoms with E-state index in [0.29, 0.717) is 22.5 Å². The minimum absolute atomic E-state index is 0.0344. The largest absolute Gasteiger partial charge is 0.387 e. The monoisotopic (exact) mass is 286 g/mol. The molecule has 1 aromatic carbocycles. The Morgan fingerprint density at radius 3 is 2.71 bits per heavy atom. The van der Waals surface area contributed by atoms with Gasteiger partial charge in [0.1, 0.15) is 0 Å². The summed E-state index contributed by atoms with van der Waals surface area (Å²) in [5.74, 6) is -0.379. The van der Waals surface area contributed by atoms with Gasteiger partial charge in [0.05, 0.1) is 21.7 Å². The molecule has 1 aromatic heterocycles. The smallest absolute Gasteiger partial charge is 0.274 e. The summed E-state index contributed by atoms with van der Waals surface area (Å²) in [5, 5.41) is 16.5. The number of amides is 1. The summed E-state index contributed by atoms with van der Waals surface area (Å²) in [6.07, 6.45) is 3.01. The number of benzene rings is 1. The second kappa shape index (κ2) is 6.00. The van der Waals surface area contributed by atoms with Crippen molar-refractivity contribution >= 4 is 23.0 Å². The van der Waals surface area contributed by atoms with Gasteiger partial charge in [-0.1, -0.05) is 6.07 Å². The first-order valence-corrected chi connectivity index (χ1v) is 6.21. The van der Waals surface area contributed by atoms with E-state index in [4.69, 9.17) is 0 Å². The number of nitrogens with zero attached hydrogens (tertiary/aromatic N) is 2. The molecular weight excluding hydrogens is 272 g/mol. The third-order valence-electron chi connectivity index (χ3n) is 3.09. The van der Waals surface area contributed by atoms with E-state index in [-0.39, 0.29) is 11.6 Å². The van der Waals surface area contributed by atoms with Crippen LogP contribution in [0.5, 0.6) is 0 Å². The quantitative estimate of drug-likeness (QED) is 0.665. The van der Waals surface area contributed by atoms with Crippen molar-refractivity contribution in [3.05, 3.63) is 57.9 Å². The molecule has 2 rings (SSSR count). The van der Waals surface area contributed by atoms with Crippen LogP contribution in [0.25, 0.3) is 0 Å². The molecule has 7 heteroatoms. The van der Waals surface area contributed by atoms with Gasteiger partial charge in [-0.05, 0) is 19.1 Å². The van der Waals surface area contributed by atoms with Gasteiger partial charge < -0.3 is 10.6 Å². The number of nitrogens with one attached hydrogen (secondary N) is 2. The number of aromatic nitrogens is 1. The Hall–Kier alpha value is -2.96. The molecule has 0 saturated carbocycles. The highest BCUT2D eigenvalue weighted by atomic mass is 16.6. The summed E-state index contributed by atoms with van der Waals surface area (Å²) >= 11 is 0. The number of hydrogen-bond donors (Lipinski definition) is 2. The Labute approximate surface area is 121 Å². The maximum Gasteiger partial charge on any atom is 0.274 e. The van der Waals surface area contributed by atoms with Crippen LogP contribution in [0, 0.1) is 17.0 Å². The Kier molecular flexibility index (Phi) is 4.13. The molecule has 0 bridgehead atoms. The minimum Gasteiger partial charge on any atom is -0.387 e. The Morgan fingerprint density at radius 2 is 2.05 bits per heavy atom. The first kappa shape index (κ1) is 14.4. The Morgan fingerprint density at radius 1 is 1.29 bits per heavy atom. The molecule has 0 spiro atoms. The van der Waals surface area contributed by atoms with Crippen LogP contribution in [-0.4, -0.2) is 22.9 Å². The predicted octanol–water partition coefficient (Wildman–Crippen LogP) is 2.59. The van der Waals surface area contributed by atoms with E-state index in [2.05, 4.69) is 15.6 Å². The molecule has 2 aromatic rings. The fourth-order valence-corrected chi connectivity index (χ4v) is 1.94. The van der Waals surface area contributed by atoms with E-state index in [1.165, 1.54) is 18.3 Å². The van der Waals surface area contributed by atoms with Gasteiger partial charge >= 0.3 is 0 Å². The number of nitro benzene ring substituents is 1. The van der Waals surface area contributed by atoms with Gasteiger partial charge in [-0.15, -0.1) is 0 Å². The van der Waals surface area contributed by atoms with E-state index in [1.54, 1.807) is 32.3 Å². The van der Waals surface area contributed by atoms with Crippen LogP contribution in [0.15, 0.2) is 36.7 Å². The highest BCUT2D eigenvalue weighted by molar-refractivity contribution is 6.08. The molecule has 21 heavy (non-hydrogen) atoms. The highest BCUT2D eigenvalue weighted by Crippen LogP contribution is 2.26. The lowest BCUT2D eigenvalue weighted by molar-refractivity contribution is -0.385. The van der Waals surface area contributed by atoms with Crippen molar-refractivity contribution in [3.8, 4) is 0 Å². The van der Waals surface area contributed by atoms with E-state index in [1.807, 2.05) is 0 Å². The van der Waals surface area contributed by atoms with Crippen molar-refractivity contribution in [3.63, 3.8) is 0 Å². The third-order valence-corrected chi connectivity index (χ3v) is 3.09. The molecule has 7 nitrogen and oxygen atoms in total. The highest BCUT2D eigenvalue weighted by Gasteiger charge is 2.16.